The molecule has 0 radical (unpaired) electrons. The summed E-state index contributed by atoms with van der Waals surface area (Å²) in [7, 11) is 0. The van der Waals surface area contributed by atoms with Gasteiger partial charge in [-0.15, -0.1) is 0 Å². The van der Waals surface area contributed by atoms with Crippen molar-refractivity contribution in [1.29, 1.82) is 0 Å². The SMILES string of the molecule is CSCCC(CO)c1ccc(Cl)cc1. The Bertz CT molecular complexity index is 260. The number of hydrogen-bond donors (Lipinski definition) is 1. The molecule has 0 heterocycles. The summed E-state index contributed by atoms with van der Waals surface area (Å²) in [5.74, 6) is 1.33. The predicted molar refractivity (Wildman–Crippen MR) is 64.3 cm³/mol. The molecular formula is C11H15ClOS. The molecular weight excluding hydrogens is 216 g/mol. The molecule has 0 amide bonds. The van der Waals surface area contributed by atoms with Crippen molar-refractivity contribution >= 4 is 23.4 Å². The number of hydrogen-bond acceptors (Lipinski definition) is 2. The number of benzene rings is 1. The van der Waals surface area contributed by atoms with Gasteiger partial charge in [-0.3, -0.25) is 0 Å². The molecule has 0 saturated heterocycles. The molecule has 14 heavy (non-hydrogen) atoms. The van der Waals surface area contributed by atoms with Crippen molar-refractivity contribution in [2.75, 3.05) is 18.6 Å². The largest absolute Gasteiger partial charge is 0.396 e. The first-order chi connectivity index (χ1) is 6.77. The van der Waals surface area contributed by atoms with Gasteiger partial charge in [-0.2, -0.15) is 11.8 Å². The van der Waals surface area contributed by atoms with E-state index >= 15 is 0 Å². The van der Waals surface area contributed by atoms with Crippen molar-refractivity contribution in [3.63, 3.8) is 0 Å². The van der Waals surface area contributed by atoms with Gasteiger partial charge >= 0.3 is 0 Å². The summed E-state index contributed by atoms with van der Waals surface area (Å²) in [6, 6.07) is 7.73. The zero-order valence-electron chi connectivity index (χ0n) is 8.24. The smallest absolute Gasteiger partial charge is 0.0500 e. The summed E-state index contributed by atoms with van der Waals surface area (Å²) >= 11 is 7.60. The maximum Gasteiger partial charge on any atom is 0.0500 e. The second-order valence-electron chi connectivity index (χ2n) is 3.21. The van der Waals surface area contributed by atoms with Crippen LogP contribution in [0.1, 0.15) is 17.9 Å². The van der Waals surface area contributed by atoms with Gasteiger partial charge < -0.3 is 5.11 Å². The van der Waals surface area contributed by atoms with Gasteiger partial charge in [0.05, 0.1) is 0 Å². The van der Waals surface area contributed by atoms with Crippen LogP contribution in [0.25, 0.3) is 0 Å². The maximum atomic E-state index is 9.23. The van der Waals surface area contributed by atoms with E-state index in [1.54, 1.807) is 11.8 Å². The van der Waals surface area contributed by atoms with E-state index in [0.717, 1.165) is 17.2 Å². The van der Waals surface area contributed by atoms with Crippen LogP contribution in [-0.2, 0) is 0 Å². The number of aliphatic hydroxyl groups excluding tert-OH is 1. The molecule has 0 saturated carbocycles. The Kier molecular flexibility index (Phi) is 5.38. The van der Waals surface area contributed by atoms with Crippen LogP contribution in [0.5, 0.6) is 0 Å². The quantitative estimate of drug-likeness (QED) is 0.839. The molecule has 1 unspecified atom stereocenters. The molecule has 0 fully saturated rings. The molecule has 0 spiro atoms. The Labute approximate surface area is 94.5 Å². The van der Waals surface area contributed by atoms with Crippen LogP contribution in [0.4, 0.5) is 0 Å². The lowest BCUT2D eigenvalue weighted by Gasteiger charge is -2.13. The van der Waals surface area contributed by atoms with Gasteiger partial charge in [0, 0.05) is 17.5 Å². The summed E-state index contributed by atoms with van der Waals surface area (Å²) in [5.41, 5.74) is 1.17. The van der Waals surface area contributed by atoms with Crippen molar-refractivity contribution in [1.82, 2.24) is 0 Å². The molecule has 1 N–H and O–H groups in total. The van der Waals surface area contributed by atoms with Crippen molar-refractivity contribution in [3.8, 4) is 0 Å². The minimum absolute atomic E-state index is 0.211. The van der Waals surface area contributed by atoms with Crippen LogP contribution in [0, 0.1) is 0 Å². The minimum Gasteiger partial charge on any atom is -0.396 e. The van der Waals surface area contributed by atoms with E-state index in [0.29, 0.717) is 0 Å². The van der Waals surface area contributed by atoms with Gasteiger partial charge in [0.2, 0.25) is 0 Å². The Morgan fingerprint density at radius 2 is 2.00 bits per heavy atom. The summed E-state index contributed by atoms with van der Waals surface area (Å²) in [5, 5.41) is 9.98. The molecule has 0 aliphatic heterocycles. The summed E-state index contributed by atoms with van der Waals surface area (Å²) < 4.78 is 0. The number of rotatable bonds is 5. The highest BCUT2D eigenvalue weighted by molar-refractivity contribution is 7.98. The van der Waals surface area contributed by atoms with E-state index in [-0.39, 0.29) is 12.5 Å². The molecule has 0 aromatic heterocycles. The highest BCUT2D eigenvalue weighted by atomic mass is 35.5. The molecule has 1 atom stereocenters. The molecule has 0 aliphatic rings. The highest BCUT2D eigenvalue weighted by Crippen LogP contribution is 2.22. The van der Waals surface area contributed by atoms with E-state index < -0.39 is 0 Å². The van der Waals surface area contributed by atoms with Gasteiger partial charge in [-0.25, -0.2) is 0 Å². The van der Waals surface area contributed by atoms with Gasteiger partial charge in [0.1, 0.15) is 0 Å². The van der Waals surface area contributed by atoms with Crippen molar-refractivity contribution in [2.24, 2.45) is 0 Å². The van der Waals surface area contributed by atoms with Crippen molar-refractivity contribution in [2.45, 2.75) is 12.3 Å². The van der Waals surface area contributed by atoms with Crippen LogP contribution in [0.3, 0.4) is 0 Å². The molecule has 78 valence electrons. The average molecular weight is 231 g/mol. The fraction of sp³-hybridized carbons (Fsp3) is 0.455. The van der Waals surface area contributed by atoms with Gasteiger partial charge in [-0.05, 0) is 36.1 Å². The molecule has 1 aromatic rings. The molecule has 1 rings (SSSR count). The Morgan fingerprint density at radius 3 is 2.50 bits per heavy atom. The lowest BCUT2D eigenvalue weighted by Crippen LogP contribution is -2.05. The third-order valence-corrected chi connectivity index (χ3v) is 3.13. The van der Waals surface area contributed by atoms with E-state index in [2.05, 4.69) is 6.26 Å². The van der Waals surface area contributed by atoms with E-state index in [1.807, 2.05) is 24.3 Å². The lowest BCUT2D eigenvalue weighted by molar-refractivity contribution is 0.263. The van der Waals surface area contributed by atoms with Gasteiger partial charge in [-0.1, -0.05) is 23.7 Å². The second-order valence-corrected chi connectivity index (χ2v) is 4.63. The van der Waals surface area contributed by atoms with E-state index in [4.69, 9.17) is 11.6 Å². The Balaban J connectivity index is 2.64. The van der Waals surface area contributed by atoms with Crippen molar-refractivity contribution in [3.05, 3.63) is 34.9 Å². The average Bonchev–Trinajstić information content (AvgIpc) is 2.21. The highest BCUT2D eigenvalue weighted by Gasteiger charge is 2.09. The van der Waals surface area contributed by atoms with Gasteiger partial charge in [0.15, 0.2) is 0 Å². The zero-order valence-corrected chi connectivity index (χ0v) is 9.81. The minimum atomic E-state index is 0.211. The number of thioether (sulfide) groups is 1. The Hall–Kier alpha value is -0.180. The normalized spacial score (nSPS) is 12.8. The van der Waals surface area contributed by atoms with Crippen LogP contribution in [-0.4, -0.2) is 23.7 Å². The summed E-state index contributed by atoms with van der Waals surface area (Å²) in [6.45, 7) is 0.211. The maximum absolute atomic E-state index is 9.23. The van der Waals surface area contributed by atoms with Gasteiger partial charge in [0.25, 0.3) is 0 Å². The van der Waals surface area contributed by atoms with E-state index in [9.17, 15) is 5.11 Å². The Morgan fingerprint density at radius 1 is 1.36 bits per heavy atom. The third-order valence-electron chi connectivity index (χ3n) is 2.23. The first-order valence-electron chi connectivity index (χ1n) is 4.63. The summed E-state index contributed by atoms with van der Waals surface area (Å²) in [4.78, 5) is 0. The molecule has 1 aromatic carbocycles. The topological polar surface area (TPSA) is 20.2 Å². The van der Waals surface area contributed by atoms with Crippen LogP contribution >= 0.6 is 23.4 Å². The first-order valence-corrected chi connectivity index (χ1v) is 6.40. The monoisotopic (exact) mass is 230 g/mol. The molecule has 1 nitrogen and oxygen atoms in total. The fourth-order valence-electron chi connectivity index (χ4n) is 1.36. The third kappa shape index (κ3) is 3.52. The molecule has 0 aliphatic carbocycles. The second kappa shape index (κ2) is 6.33. The van der Waals surface area contributed by atoms with Crippen molar-refractivity contribution < 1.29 is 5.11 Å². The lowest BCUT2D eigenvalue weighted by atomic mass is 9.98. The van der Waals surface area contributed by atoms with Crippen LogP contribution in [0.15, 0.2) is 24.3 Å². The fourth-order valence-corrected chi connectivity index (χ4v) is 2.00. The standard InChI is InChI=1S/C11H15ClOS/c1-14-7-6-10(8-13)9-2-4-11(12)5-3-9/h2-5,10,13H,6-8H2,1H3. The number of aliphatic hydroxyl groups is 1. The van der Waals surface area contributed by atoms with E-state index in [1.165, 1.54) is 5.56 Å². The summed E-state index contributed by atoms with van der Waals surface area (Å²) in [6.07, 6.45) is 3.09. The predicted octanol–water partition coefficient (Wildman–Crippen LogP) is 3.17. The first kappa shape index (κ1) is 11.9. The molecule has 3 heteroatoms. The number of halogens is 1. The van der Waals surface area contributed by atoms with Crippen LogP contribution in [0.2, 0.25) is 5.02 Å². The van der Waals surface area contributed by atoms with Crippen LogP contribution < -0.4 is 0 Å². The molecule has 0 bridgehead atoms. The zero-order chi connectivity index (χ0) is 10.4.